The zero-order chi connectivity index (χ0) is 20.3. The minimum absolute atomic E-state index is 0.0839. The summed E-state index contributed by atoms with van der Waals surface area (Å²) in [6.07, 6.45) is 1.79. The third-order valence-electron chi connectivity index (χ3n) is 4.65. The molecule has 7 nitrogen and oxygen atoms in total. The van der Waals surface area contributed by atoms with Crippen LogP contribution in [0.2, 0.25) is 0 Å². The lowest BCUT2D eigenvalue weighted by atomic mass is 10.2. The molecule has 2 heterocycles. The molecule has 1 aliphatic rings. The van der Waals surface area contributed by atoms with E-state index in [0.717, 1.165) is 18.4 Å². The van der Waals surface area contributed by atoms with Crippen LogP contribution in [0.1, 0.15) is 18.4 Å². The van der Waals surface area contributed by atoms with Crippen molar-refractivity contribution in [1.29, 1.82) is 0 Å². The second-order valence-corrected chi connectivity index (χ2v) is 9.75. The summed E-state index contributed by atoms with van der Waals surface area (Å²) >= 11 is 1.25. The number of hydrogen-bond donors (Lipinski definition) is 1. The molecule has 4 rings (SSSR count). The number of amides is 1. The van der Waals surface area contributed by atoms with Gasteiger partial charge in [0.05, 0.1) is 21.7 Å². The Balaban J connectivity index is 1.40. The van der Waals surface area contributed by atoms with Crippen LogP contribution >= 0.6 is 11.3 Å². The molecule has 1 N–H and O–H groups in total. The number of fused-ring (bicyclic) bond motifs is 1. The van der Waals surface area contributed by atoms with Crippen LogP contribution in [0.4, 0.5) is 5.13 Å². The van der Waals surface area contributed by atoms with Crippen LogP contribution in [0, 0.1) is 0 Å². The Bertz CT molecular complexity index is 1110. The molecule has 0 aliphatic carbocycles. The Morgan fingerprint density at radius 2 is 1.90 bits per heavy atom. The summed E-state index contributed by atoms with van der Waals surface area (Å²) < 4.78 is 33.1. The minimum Gasteiger partial charge on any atom is -0.367 e. The third-order valence-corrected chi connectivity index (χ3v) is 7.48. The molecule has 9 heteroatoms. The Morgan fingerprint density at radius 3 is 2.66 bits per heavy atom. The topological polar surface area (TPSA) is 88.6 Å². The van der Waals surface area contributed by atoms with Gasteiger partial charge in [0.2, 0.25) is 10.0 Å². The summed E-state index contributed by atoms with van der Waals surface area (Å²) in [5.41, 5.74) is 1.64. The number of carbonyl (C=O) groups is 1. The van der Waals surface area contributed by atoms with Crippen molar-refractivity contribution in [1.82, 2.24) is 9.29 Å². The molecule has 1 saturated heterocycles. The van der Waals surface area contributed by atoms with E-state index in [1.165, 1.54) is 15.6 Å². The molecular formula is C20H21N3O4S2. The van der Waals surface area contributed by atoms with E-state index in [0.29, 0.717) is 35.0 Å². The molecule has 0 saturated carbocycles. The first-order valence-electron chi connectivity index (χ1n) is 9.35. The van der Waals surface area contributed by atoms with Gasteiger partial charge in [-0.2, -0.15) is 4.31 Å². The van der Waals surface area contributed by atoms with Gasteiger partial charge in [-0.15, -0.1) is 0 Å². The van der Waals surface area contributed by atoms with Crippen LogP contribution in [0.25, 0.3) is 10.2 Å². The number of aromatic nitrogens is 1. The number of nitrogens with one attached hydrogen (secondary N) is 1. The maximum absolute atomic E-state index is 12.7. The van der Waals surface area contributed by atoms with E-state index >= 15 is 0 Å². The van der Waals surface area contributed by atoms with E-state index in [1.807, 2.05) is 30.3 Å². The summed E-state index contributed by atoms with van der Waals surface area (Å²) in [7, 11) is -3.48. The molecule has 29 heavy (non-hydrogen) atoms. The monoisotopic (exact) mass is 431 g/mol. The molecular weight excluding hydrogens is 410 g/mol. The van der Waals surface area contributed by atoms with Gasteiger partial charge in [-0.1, -0.05) is 41.7 Å². The Morgan fingerprint density at radius 1 is 1.14 bits per heavy atom. The molecule has 1 aliphatic heterocycles. The van der Waals surface area contributed by atoms with Crippen LogP contribution in [0.5, 0.6) is 0 Å². The predicted molar refractivity (Wildman–Crippen MR) is 112 cm³/mol. The number of carbonyl (C=O) groups excluding carboxylic acids is 1. The number of ether oxygens (including phenoxy) is 1. The van der Waals surface area contributed by atoms with Crippen LogP contribution < -0.4 is 5.32 Å². The normalized spacial score (nSPS) is 15.0. The molecule has 0 unspecified atom stereocenters. The van der Waals surface area contributed by atoms with Gasteiger partial charge < -0.3 is 4.74 Å². The highest BCUT2D eigenvalue weighted by atomic mass is 32.2. The molecule has 1 fully saturated rings. The second-order valence-electron chi connectivity index (χ2n) is 6.79. The molecule has 0 radical (unpaired) electrons. The van der Waals surface area contributed by atoms with Crippen LogP contribution in [-0.2, 0) is 26.2 Å². The molecule has 1 aromatic heterocycles. The highest BCUT2D eigenvalue weighted by molar-refractivity contribution is 7.89. The second kappa shape index (κ2) is 8.58. The Labute approximate surface area is 173 Å². The zero-order valence-electron chi connectivity index (χ0n) is 15.7. The lowest BCUT2D eigenvalue weighted by molar-refractivity contribution is -0.121. The summed E-state index contributed by atoms with van der Waals surface area (Å²) in [5.74, 6) is -0.301. The van der Waals surface area contributed by atoms with Crippen LogP contribution in [0.3, 0.4) is 0 Å². The standard InChI is InChI=1S/C20H21N3O4S2/c24-19(14-27-13-15-6-2-1-3-7-15)22-20-21-17-9-8-16(12-18(17)28-20)29(25,26)23-10-4-5-11-23/h1-3,6-9,12H,4-5,10-11,13-14H2,(H,21,22,24). The third kappa shape index (κ3) is 4.64. The average Bonchev–Trinajstić information content (AvgIpc) is 3.38. The van der Waals surface area contributed by atoms with Gasteiger partial charge in [0.1, 0.15) is 6.61 Å². The van der Waals surface area contributed by atoms with Crippen molar-refractivity contribution in [3.05, 3.63) is 54.1 Å². The first-order valence-corrected chi connectivity index (χ1v) is 11.6. The van der Waals surface area contributed by atoms with Gasteiger partial charge >= 0.3 is 0 Å². The number of rotatable bonds is 7. The fraction of sp³-hybridized carbons (Fsp3) is 0.300. The number of thiazole rings is 1. The molecule has 1 amide bonds. The summed E-state index contributed by atoms with van der Waals surface area (Å²) in [4.78, 5) is 16.7. The Kier molecular flexibility index (Phi) is 5.91. The zero-order valence-corrected chi connectivity index (χ0v) is 17.3. The van der Waals surface area contributed by atoms with Crippen molar-refractivity contribution in [2.45, 2.75) is 24.3 Å². The summed E-state index contributed by atoms with van der Waals surface area (Å²) in [5, 5.41) is 3.13. The van der Waals surface area contributed by atoms with E-state index in [4.69, 9.17) is 4.74 Å². The van der Waals surface area contributed by atoms with Gasteiger partial charge in [-0.25, -0.2) is 13.4 Å². The number of anilines is 1. The van der Waals surface area contributed by atoms with Gasteiger partial charge in [0, 0.05) is 13.1 Å². The van der Waals surface area contributed by atoms with E-state index < -0.39 is 10.0 Å². The lowest BCUT2D eigenvalue weighted by Crippen LogP contribution is -2.27. The summed E-state index contributed by atoms with van der Waals surface area (Å²) in [6.45, 7) is 1.39. The highest BCUT2D eigenvalue weighted by Crippen LogP contribution is 2.30. The number of nitrogens with zero attached hydrogens (tertiary/aromatic N) is 2. The van der Waals surface area contributed by atoms with Crippen LogP contribution in [0.15, 0.2) is 53.4 Å². The molecule has 0 spiro atoms. The number of hydrogen-bond acceptors (Lipinski definition) is 6. The maximum Gasteiger partial charge on any atom is 0.252 e. The van der Waals surface area contributed by atoms with E-state index in [9.17, 15) is 13.2 Å². The van der Waals surface area contributed by atoms with Crippen molar-refractivity contribution >= 4 is 42.6 Å². The quantitative estimate of drug-likeness (QED) is 0.620. The van der Waals surface area contributed by atoms with Gasteiger partial charge in [0.15, 0.2) is 5.13 Å². The average molecular weight is 432 g/mol. The van der Waals surface area contributed by atoms with Gasteiger partial charge in [0.25, 0.3) is 5.91 Å². The largest absolute Gasteiger partial charge is 0.367 e. The van der Waals surface area contributed by atoms with Crippen molar-refractivity contribution < 1.29 is 17.9 Å². The minimum atomic E-state index is -3.48. The first-order chi connectivity index (χ1) is 14.0. The SMILES string of the molecule is O=C(COCc1ccccc1)Nc1nc2ccc(S(=O)(=O)N3CCCC3)cc2s1. The number of sulfonamides is 1. The fourth-order valence-electron chi connectivity index (χ4n) is 3.19. The van der Waals surface area contributed by atoms with Crippen molar-refractivity contribution in [2.24, 2.45) is 0 Å². The molecule has 0 atom stereocenters. The lowest BCUT2D eigenvalue weighted by Gasteiger charge is -2.15. The van der Waals surface area contributed by atoms with E-state index in [1.54, 1.807) is 18.2 Å². The maximum atomic E-state index is 12.7. The molecule has 3 aromatic rings. The van der Waals surface area contributed by atoms with Crippen molar-refractivity contribution in [3.8, 4) is 0 Å². The smallest absolute Gasteiger partial charge is 0.252 e. The molecule has 2 aromatic carbocycles. The summed E-state index contributed by atoms with van der Waals surface area (Å²) in [6, 6.07) is 14.5. The van der Waals surface area contributed by atoms with Gasteiger partial charge in [-0.05, 0) is 36.6 Å². The van der Waals surface area contributed by atoms with Crippen molar-refractivity contribution in [2.75, 3.05) is 25.0 Å². The Hall–Kier alpha value is -2.33. The van der Waals surface area contributed by atoms with E-state index in [2.05, 4.69) is 10.3 Å². The van der Waals surface area contributed by atoms with E-state index in [-0.39, 0.29) is 17.4 Å². The molecule has 0 bridgehead atoms. The fourth-order valence-corrected chi connectivity index (χ4v) is 5.73. The molecule has 152 valence electrons. The highest BCUT2D eigenvalue weighted by Gasteiger charge is 2.27. The predicted octanol–water partition coefficient (Wildman–Crippen LogP) is 3.24. The van der Waals surface area contributed by atoms with Crippen LogP contribution in [-0.4, -0.2) is 43.3 Å². The first kappa shape index (κ1) is 20.0. The van der Waals surface area contributed by atoms with Crippen molar-refractivity contribution in [3.63, 3.8) is 0 Å². The van der Waals surface area contributed by atoms with Gasteiger partial charge in [-0.3, -0.25) is 10.1 Å². The number of benzene rings is 2.